The molecule has 1 aromatic carbocycles. The Kier molecular flexibility index (Phi) is 7.45. The third kappa shape index (κ3) is 5.24. The van der Waals surface area contributed by atoms with E-state index in [-0.39, 0.29) is 41.8 Å². The first-order valence-electron chi connectivity index (χ1n) is 9.63. The fourth-order valence-corrected chi connectivity index (χ4v) is 4.82. The van der Waals surface area contributed by atoms with Gasteiger partial charge in [0, 0.05) is 42.0 Å². The van der Waals surface area contributed by atoms with Crippen LogP contribution in [0.15, 0.2) is 40.7 Å². The number of halogens is 2. The summed E-state index contributed by atoms with van der Waals surface area (Å²) in [6.45, 7) is 2.54. The summed E-state index contributed by atoms with van der Waals surface area (Å²) in [5.41, 5.74) is 2.66. The molecular formula is C21H26ClIN4OS. The topological polar surface area (TPSA) is 56.7 Å². The predicted octanol–water partition coefficient (Wildman–Crippen LogP) is 3.80. The molecule has 0 radical (unpaired) electrons. The Bertz CT molecular complexity index is 896. The van der Waals surface area contributed by atoms with Gasteiger partial charge in [0.15, 0.2) is 5.96 Å². The number of carbonyl (C=O) groups is 1. The number of guanidine groups is 1. The smallest absolute Gasteiger partial charge is 0.242 e. The van der Waals surface area contributed by atoms with Gasteiger partial charge in [-0.1, -0.05) is 23.7 Å². The number of carbonyl (C=O) groups excluding carboxylic acids is 1. The third-order valence-electron chi connectivity index (χ3n) is 5.68. The lowest BCUT2D eigenvalue weighted by Gasteiger charge is -2.27. The number of hydrogen-bond acceptors (Lipinski definition) is 3. The molecule has 29 heavy (non-hydrogen) atoms. The molecule has 5 nitrogen and oxygen atoms in total. The molecule has 0 saturated heterocycles. The highest BCUT2D eigenvalue weighted by atomic mass is 127. The standard InChI is InChI=1S/C21H25ClN4OS.HI/c1-23-20(25-14-21(7-8-21)16-3-2-4-17(22)11-16)24-12-19(27)26-9-5-18-15(13-26)6-10-28-18;/h2-4,6,10-11H,5,7-9,12-14H2,1H3,(H2,23,24,25);1H. The molecule has 1 amide bonds. The second-order valence-corrected chi connectivity index (χ2v) is 8.94. The van der Waals surface area contributed by atoms with E-state index < -0.39 is 0 Å². The van der Waals surface area contributed by atoms with Gasteiger partial charge in [-0.2, -0.15) is 0 Å². The van der Waals surface area contributed by atoms with Gasteiger partial charge in [0.25, 0.3) is 0 Å². The summed E-state index contributed by atoms with van der Waals surface area (Å²) in [5.74, 6) is 0.769. The van der Waals surface area contributed by atoms with Crippen LogP contribution in [0.3, 0.4) is 0 Å². The van der Waals surface area contributed by atoms with Gasteiger partial charge >= 0.3 is 0 Å². The van der Waals surface area contributed by atoms with Gasteiger partial charge in [0.2, 0.25) is 5.91 Å². The number of amides is 1. The second kappa shape index (κ2) is 9.66. The molecule has 4 rings (SSSR count). The lowest BCUT2D eigenvalue weighted by Crippen LogP contribution is -2.47. The normalized spacial score (nSPS) is 17.2. The largest absolute Gasteiger partial charge is 0.356 e. The Balaban J connectivity index is 0.00000240. The molecule has 1 fully saturated rings. The highest BCUT2D eigenvalue weighted by molar-refractivity contribution is 14.0. The Labute approximate surface area is 197 Å². The van der Waals surface area contributed by atoms with E-state index in [1.54, 1.807) is 18.4 Å². The molecule has 1 saturated carbocycles. The van der Waals surface area contributed by atoms with Crippen molar-refractivity contribution in [1.29, 1.82) is 0 Å². The zero-order valence-corrected chi connectivity index (χ0v) is 20.3. The molecule has 0 spiro atoms. The van der Waals surface area contributed by atoms with Gasteiger partial charge in [0.05, 0.1) is 6.54 Å². The third-order valence-corrected chi connectivity index (χ3v) is 6.93. The summed E-state index contributed by atoms with van der Waals surface area (Å²) in [5, 5.41) is 9.44. The highest BCUT2D eigenvalue weighted by Gasteiger charge is 2.44. The van der Waals surface area contributed by atoms with Crippen LogP contribution in [0.2, 0.25) is 5.02 Å². The molecule has 0 bridgehead atoms. The van der Waals surface area contributed by atoms with E-state index in [9.17, 15) is 4.79 Å². The monoisotopic (exact) mass is 544 g/mol. The molecule has 2 N–H and O–H groups in total. The summed E-state index contributed by atoms with van der Waals surface area (Å²) < 4.78 is 0. The number of fused-ring (bicyclic) bond motifs is 1. The van der Waals surface area contributed by atoms with Crippen LogP contribution in [0.1, 0.15) is 28.8 Å². The Morgan fingerprint density at radius 3 is 2.86 bits per heavy atom. The summed E-state index contributed by atoms with van der Waals surface area (Å²) in [7, 11) is 1.73. The van der Waals surface area contributed by atoms with Gasteiger partial charge in [-0.15, -0.1) is 35.3 Å². The van der Waals surface area contributed by atoms with Crippen molar-refractivity contribution >= 4 is 58.8 Å². The molecule has 8 heteroatoms. The molecular weight excluding hydrogens is 519 g/mol. The van der Waals surface area contributed by atoms with Crippen LogP contribution in [-0.4, -0.2) is 43.4 Å². The first-order valence-corrected chi connectivity index (χ1v) is 10.9. The van der Waals surface area contributed by atoms with Crippen LogP contribution < -0.4 is 10.6 Å². The van der Waals surface area contributed by atoms with E-state index >= 15 is 0 Å². The zero-order chi connectivity index (χ0) is 19.6. The number of rotatable bonds is 5. The average Bonchev–Trinajstić information content (AvgIpc) is 3.36. The van der Waals surface area contributed by atoms with E-state index in [1.807, 2.05) is 23.1 Å². The maximum Gasteiger partial charge on any atom is 0.242 e. The molecule has 1 aliphatic carbocycles. The molecule has 156 valence electrons. The van der Waals surface area contributed by atoms with Gasteiger partial charge in [-0.25, -0.2) is 0 Å². The van der Waals surface area contributed by atoms with Crippen LogP contribution in [0, 0.1) is 0 Å². The number of aliphatic imine (C=N–C) groups is 1. The Hall–Kier alpha value is -1.32. The Morgan fingerprint density at radius 2 is 2.14 bits per heavy atom. The lowest BCUT2D eigenvalue weighted by molar-refractivity contribution is -0.130. The van der Waals surface area contributed by atoms with Gasteiger partial charge in [-0.05, 0) is 54.0 Å². The highest BCUT2D eigenvalue weighted by Crippen LogP contribution is 2.48. The summed E-state index contributed by atoms with van der Waals surface area (Å²) in [6.07, 6.45) is 3.22. The van der Waals surface area contributed by atoms with E-state index in [1.165, 1.54) is 16.0 Å². The lowest BCUT2D eigenvalue weighted by atomic mass is 9.96. The van der Waals surface area contributed by atoms with Crippen LogP contribution in [0.25, 0.3) is 0 Å². The first kappa shape index (κ1) is 22.4. The predicted molar refractivity (Wildman–Crippen MR) is 131 cm³/mol. The molecule has 0 atom stereocenters. The molecule has 2 aliphatic rings. The number of hydrogen-bond donors (Lipinski definition) is 2. The number of nitrogens with one attached hydrogen (secondary N) is 2. The molecule has 1 aliphatic heterocycles. The van der Waals surface area contributed by atoms with Crippen molar-refractivity contribution in [2.24, 2.45) is 4.99 Å². The quantitative estimate of drug-likeness (QED) is 0.342. The van der Waals surface area contributed by atoms with Crippen LogP contribution >= 0.6 is 46.9 Å². The van der Waals surface area contributed by atoms with Gasteiger partial charge in [0.1, 0.15) is 0 Å². The average molecular weight is 545 g/mol. The van der Waals surface area contributed by atoms with Crippen molar-refractivity contribution in [2.45, 2.75) is 31.2 Å². The van der Waals surface area contributed by atoms with Gasteiger partial charge in [-0.3, -0.25) is 9.79 Å². The van der Waals surface area contributed by atoms with Gasteiger partial charge < -0.3 is 15.5 Å². The minimum atomic E-state index is 0. The maximum atomic E-state index is 12.6. The summed E-state index contributed by atoms with van der Waals surface area (Å²) in [6, 6.07) is 10.2. The van der Waals surface area contributed by atoms with Crippen molar-refractivity contribution in [2.75, 3.05) is 26.7 Å². The molecule has 2 aromatic rings. The van der Waals surface area contributed by atoms with Crippen LogP contribution in [0.5, 0.6) is 0 Å². The SMILES string of the molecule is CN=C(NCC(=O)N1CCc2sccc2C1)NCC1(c2cccc(Cl)c2)CC1.I. The van der Waals surface area contributed by atoms with E-state index in [0.29, 0.717) is 12.5 Å². The maximum absolute atomic E-state index is 12.6. The second-order valence-electron chi connectivity index (χ2n) is 7.50. The fraction of sp³-hybridized carbons (Fsp3) is 0.429. The van der Waals surface area contributed by atoms with E-state index in [4.69, 9.17) is 11.6 Å². The molecule has 1 aromatic heterocycles. The molecule has 0 unspecified atom stereocenters. The van der Waals surface area contributed by atoms with Crippen molar-refractivity contribution in [3.63, 3.8) is 0 Å². The first-order chi connectivity index (χ1) is 13.6. The Morgan fingerprint density at radius 1 is 1.31 bits per heavy atom. The zero-order valence-electron chi connectivity index (χ0n) is 16.4. The van der Waals surface area contributed by atoms with Crippen molar-refractivity contribution < 1.29 is 4.79 Å². The minimum Gasteiger partial charge on any atom is -0.356 e. The summed E-state index contributed by atoms with van der Waals surface area (Å²) in [4.78, 5) is 20.2. The van der Waals surface area contributed by atoms with Crippen LogP contribution in [0.4, 0.5) is 0 Å². The number of nitrogens with zero attached hydrogens (tertiary/aromatic N) is 2. The summed E-state index contributed by atoms with van der Waals surface area (Å²) >= 11 is 7.94. The minimum absolute atomic E-state index is 0. The van der Waals surface area contributed by atoms with E-state index in [0.717, 1.165) is 37.4 Å². The van der Waals surface area contributed by atoms with Crippen molar-refractivity contribution in [3.8, 4) is 0 Å². The fourth-order valence-electron chi connectivity index (χ4n) is 3.74. The van der Waals surface area contributed by atoms with Crippen molar-refractivity contribution in [1.82, 2.24) is 15.5 Å². The molecule has 2 heterocycles. The van der Waals surface area contributed by atoms with Crippen molar-refractivity contribution in [3.05, 3.63) is 56.7 Å². The van der Waals surface area contributed by atoms with Crippen LogP contribution in [-0.2, 0) is 23.2 Å². The number of benzene rings is 1. The van der Waals surface area contributed by atoms with E-state index in [2.05, 4.69) is 33.1 Å². The number of thiophene rings is 1.